The Morgan fingerprint density at radius 3 is 1.87 bits per heavy atom. The molecule has 0 bridgehead atoms. The molecular formula is C44H51FN11O10PSSi. The van der Waals surface area contributed by atoms with Gasteiger partial charge in [0.25, 0.3) is 11.8 Å². The first-order valence-electron chi connectivity index (χ1n) is 21.8. The number of aliphatic hydroxyl groups excluding tert-OH is 1. The van der Waals surface area contributed by atoms with Crippen molar-refractivity contribution in [2.75, 3.05) is 37.6 Å². The number of methoxy groups -OCH3 is 1. The third-order valence-electron chi connectivity index (χ3n) is 12.2. The van der Waals surface area contributed by atoms with Crippen molar-refractivity contribution in [3.05, 3.63) is 97.1 Å². The second kappa shape index (κ2) is 20.8. The van der Waals surface area contributed by atoms with E-state index in [1.165, 1.54) is 37.0 Å². The van der Waals surface area contributed by atoms with E-state index in [-0.39, 0.29) is 52.0 Å². The van der Waals surface area contributed by atoms with Crippen LogP contribution in [0.4, 0.5) is 16.0 Å². The smallest absolute Gasteiger partial charge is 0.327 e. The van der Waals surface area contributed by atoms with Crippen LogP contribution in [0.15, 0.2) is 86.0 Å². The van der Waals surface area contributed by atoms with Crippen LogP contribution < -0.4 is 10.6 Å². The number of rotatable bonds is 18. The van der Waals surface area contributed by atoms with Crippen LogP contribution in [0.25, 0.3) is 22.3 Å². The first-order valence-corrected chi connectivity index (χ1v) is 27.3. The van der Waals surface area contributed by atoms with E-state index >= 15 is 4.39 Å². The number of carbonyl (C=O) groups is 2. The van der Waals surface area contributed by atoms with Gasteiger partial charge in [0.1, 0.15) is 43.2 Å². The maximum atomic E-state index is 16.6. The molecule has 2 amide bonds. The van der Waals surface area contributed by atoms with Crippen molar-refractivity contribution in [2.24, 2.45) is 0 Å². The zero-order valence-corrected chi connectivity index (χ0v) is 41.1. The number of hydrogen-bond acceptors (Lipinski definition) is 18. The molecule has 8 rings (SSSR count). The van der Waals surface area contributed by atoms with Crippen LogP contribution >= 0.6 is 6.72 Å². The molecule has 2 fully saturated rings. The van der Waals surface area contributed by atoms with E-state index in [2.05, 4.69) is 61.3 Å². The number of aliphatic hydroxyl groups is 1. The molecule has 2 saturated heterocycles. The molecule has 69 heavy (non-hydrogen) atoms. The molecular weight excluding hydrogens is 953 g/mol. The summed E-state index contributed by atoms with van der Waals surface area (Å²) in [5.41, 5.74) is 1.62. The third kappa shape index (κ3) is 10.5. The predicted octanol–water partition coefficient (Wildman–Crippen LogP) is 6.26. The minimum Gasteiger partial charge on any atom is -0.408 e. The molecule has 6 aromatic rings. The molecule has 3 N–H and O–H groups in total. The fourth-order valence-electron chi connectivity index (χ4n) is 7.60. The lowest BCUT2D eigenvalue weighted by Crippen LogP contribution is -2.50. The highest BCUT2D eigenvalue weighted by molar-refractivity contribution is 8.07. The molecule has 364 valence electrons. The number of benzene rings is 2. The van der Waals surface area contributed by atoms with Crippen molar-refractivity contribution in [2.45, 2.75) is 94.5 Å². The fourth-order valence-corrected chi connectivity index (χ4v) is 11.0. The van der Waals surface area contributed by atoms with Crippen LogP contribution in [0.3, 0.4) is 0 Å². The summed E-state index contributed by atoms with van der Waals surface area (Å²) in [4.78, 5) is 52.5. The van der Waals surface area contributed by atoms with Gasteiger partial charge in [-0.15, -0.1) is 0 Å². The monoisotopic (exact) mass is 1000 g/mol. The summed E-state index contributed by atoms with van der Waals surface area (Å²) in [6, 6.07) is 19.2. The Labute approximate surface area is 402 Å². The van der Waals surface area contributed by atoms with Crippen molar-refractivity contribution in [1.82, 2.24) is 39.0 Å². The first kappa shape index (κ1) is 49.9. The summed E-state index contributed by atoms with van der Waals surface area (Å²) < 4.78 is 64.2. The van der Waals surface area contributed by atoms with Crippen LogP contribution in [0, 0.1) is 11.3 Å². The van der Waals surface area contributed by atoms with Gasteiger partial charge in [-0.3, -0.25) is 23.2 Å². The lowest BCUT2D eigenvalue weighted by atomic mass is 10.1. The average Bonchev–Trinajstić information content (AvgIpc) is 4.12. The highest BCUT2D eigenvalue weighted by Gasteiger charge is 2.54. The third-order valence-corrected chi connectivity index (χ3v) is 19.0. The second-order valence-corrected chi connectivity index (χ2v) is 25.3. The lowest BCUT2D eigenvalue weighted by Gasteiger charge is -2.41. The number of ether oxygens (including phenoxy) is 3. The van der Waals surface area contributed by atoms with E-state index < -0.39 is 89.2 Å². The molecule has 2 aliphatic heterocycles. The molecule has 1 unspecified atom stereocenters. The van der Waals surface area contributed by atoms with Gasteiger partial charge >= 0.3 is 6.72 Å². The van der Waals surface area contributed by atoms with Crippen molar-refractivity contribution in [1.29, 1.82) is 5.26 Å². The SMILES string of the molecule is CO[C@H]1[C@@H](F)[C@H](n2cnc3c(NC(=O)c4ccccc4)ncnc32)O[C@@H]1COP(=S)(OCCC#N)O[C@@H]1[C@H](O[Si](C)(C)C(C)(C)C)[C@@H](CO)O[C@H]1n1cnc2c(NC(=O)c3ccccc3)ncnc21. The summed E-state index contributed by atoms with van der Waals surface area (Å²) in [6.45, 7) is 5.11. The number of anilines is 2. The minimum absolute atomic E-state index is 0.0853. The average molecular weight is 1000 g/mol. The second-order valence-electron chi connectivity index (χ2n) is 17.6. The molecule has 21 nitrogen and oxygen atoms in total. The molecule has 2 aliphatic rings. The van der Waals surface area contributed by atoms with E-state index in [9.17, 15) is 20.0 Å². The number of fused-ring (bicyclic) bond motifs is 2. The van der Waals surface area contributed by atoms with E-state index in [1.807, 2.05) is 19.2 Å². The van der Waals surface area contributed by atoms with Gasteiger partial charge < -0.3 is 43.4 Å². The van der Waals surface area contributed by atoms with Gasteiger partial charge in [-0.25, -0.2) is 34.3 Å². The molecule has 2 aromatic carbocycles. The Morgan fingerprint density at radius 2 is 1.36 bits per heavy atom. The standard InChI is InChI=1S/C44H51FN11O10PSSi/c1-44(2,3)69(5,6)66-34-28(20-57)63-43(56-25-52-32-37(48-23-50-39(32)56)54-41(59)27-16-11-8-12-17-27)35(34)65-67(68,61-19-13-18-46)62-21-29-33(60-4)30(45)42(64-29)55-24-51-31-36(47-22-49-38(31)55)53-40(58)26-14-9-7-10-15-26/h7-12,14-17,22-25,28-30,33-35,42-43,57H,13,19-21H2,1-6H3,(H,47,49,53,58)(H,48,50,54,59)/t28-,29-,30-,33-,34-,35-,42-,43-,67?/m1/s1. The molecule has 4 aromatic heterocycles. The Kier molecular flexibility index (Phi) is 15.0. The van der Waals surface area contributed by atoms with Gasteiger partial charge in [0.15, 0.2) is 60.9 Å². The van der Waals surface area contributed by atoms with Crippen LogP contribution in [-0.2, 0) is 44.0 Å². The zero-order chi connectivity index (χ0) is 49.1. The molecule has 0 saturated carbocycles. The van der Waals surface area contributed by atoms with Gasteiger partial charge in [0, 0.05) is 18.2 Å². The number of carbonyl (C=O) groups excluding carboxylic acids is 2. The van der Waals surface area contributed by atoms with Crippen molar-refractivity contribution in [3.8, 4) is 6.07 Å². The van der Waals surface area contributed by atoms with Crippen LogP contribution in [0.5, 0.6) is 0 Å². The fraction of sp³-hybridized carbons (Fsp3) is 0.432. The van der Waals surface area contributed by atoms with Crippen molar-refractivity contribution >= 4 is 72.6 Å². The molecule has 0 aliphatic carbocycles. The number of nitrogens with zero attached hydrogens (tertiary/aromatic N) is 9. The normalized spacial score (nSPS) is 23.8. The Hall–Kier alpha value is -5.55. The van der Waals surface area contributed by atoms with Crippen LogP contribution in [0.1, 0.15) is 60.4 Å². The van der Waals surface area contributed by atoms with E-state index in [1.54, 1.807) is 65.2 Å². The highest BCUT2D eigenvalue weighted by Crippen LogP contribution is 2.56. The number of nitriles is 1. The number of amides is 2. The molecule has 25 heteroatoms. The van der Waals surface area contributed by atoms with Crippen molar-refractivity contribution in [3.63, 3.8) is 0 Å². The lowest BCUT2D eigenvalue weighted by molar-refractivity contribution is -0.0600. The Bertz CT molecular complexity index is 2870. The van der Waals surface area contributed by atoms with E-state index in [4.69, 9.17) is 44.0 Å². The summed E-state index contributed by atoms with van der Waals surface area (Å²) in [7, 11) is -1.35. The zero-order valence-electron chi connectivity index (χ0n) is 38.4. The van der Waals surface area contributed by atoms with Gasteiger partial charge in [0.2, 0.25) is 0 Å². The predicted molar refractivity (Wildman–Crippen MR) is 253 cm³/mol. The molecule has 6 heterocycles. The largest absolute Gasteiger partial charge is 0.408 e. The van der Waals surface area contributed by atoms with Gasteiger partial charge in [-0.1, -0.05) is 57.2 Å². The van der Waals surface area contributed by atoms with Crippen molar-refractivity contribution < 1.29 is 51.3 Å². The number of hydrogen-bond donors (Lipinski definition) is 3. The van der Waals surface area contributed by atoms with Crippen LogP contribution in [-0.4, -0.2) is 128 Å². The topological polar surface area (TPSA) is 254 Å². The van der Waals surface area contributed by atoms with Crippen LogP contribution in [0.2, 0.25) is 18.1 Å². The highest BCUT2D eigenvalue weighted by atomic mass is 32.5. The van der Waals surface area contributed by atoms with E-state index in [0.717, 1.165) is 0 Å². The number of alkyl halides is 1. The van der Waals surface area contributed by atoms with Gasteiger partial charge in [0.05, 0.1) is 45.0 Å². The summed E-state index contributed by atoms with van der Waals surface area (Å²) in [6.07, 6.45) is -4.58. The quantitative estimate of drug-likeness (QED) is 0.0488. The summed E-state index contributed by atoms with van der Waals surface area (Å²) in [5.74, 6) is -0.610. The Balaban J connectivity index is 1.08. The number of imidazole rings is 2. The number of aromatic nitrogens is 8. The summed E-state index contributed by atoms with van der Waals surface area (Å²) >= 11 is 6.10. The van der Waals surface area contributed by atoms with E-state index in [0.29, 0.717) is 11.1 Å². The molecule has 9 atom stereocenters. The first-order chi connectivity index (χ1) is 33.1. The van der Waals surface area contributed by atoms with Gasteiger partial charge in [-0.2, -0.15) is 5.26 Å². The minimum atomic E-state index is -4.02. The number of nitrogens with one attached hydrogen (secondary N) is 2. The maximum absolute atomic E-state index is 16.6. The molecule has 0 spiro atoms. The number of halogens is 1. The summed E-state index contributed by atoms with van der Waals surface area (Å²) in [5, 5.41) is 25.6. The maximum Gasteiger partial charge on any atom is 0.327 e. The van der Waals surface area contributed by atoms with Gasteiger partial charge in [-0.05, 0) is 54.2 Å². The molecule has 0 radical (unpaired) electrons. The Morgan fingerprint density at radius 1 is 0.826 bits per heavy atom.